The zero-order valence-corrected chi connectivity index (χ0v) is 12.2. The molecular formula is C15H18N4O2. The van der Waals surface area contributed by atoms with Crippen LogP contribution in [0.2, 0.25) is 0 Å². The van der Waals surface area contributed by atoms with Gasteiger partial charge in [0.1, 0.15) is 18.2 Å². The fraction of sp³-hybridized carbons (Fsp3) is 0.267. The van der Waals surface area contributed by atoms with Crippen molar-refractivity contribution in [1.82, 2.24) is 20.1 Å². The molecule has 0 aliphatic rings. The lowest BCUT2D eigenvalue weighted by molar-refractivity contribution is 0.0773. The fourth-order valence-corrected chi connectivity index (χ4v) is 1.80. The molecule has 0 atom stereocenters. The zero-order chi connectivity index (χ0) is 15.2. The predicted molar refractivity (Wildman–Crippen MR) is 79.1 cm³/mol. The molecule has 1 N–H and O–H groups in total. The molecule has 0 aliphatic heterocycles. The van der Waals surface area contributed by atoms with Crippen molar-refractivity contribution in [3.8, 4) is 5.75 Å². The van der Waals surface area contributed by atoms with E-state index < -0.39 is 0 Å². The molecule has 6 heteroatoms. The summed E-state index contributed by atoms with van der Waals surface area (Å²) in [6, 6.07) is 7.58. The number of benzene rings is 1. The molecule has 0 unspecified atom stereocenters. The highest BCUT2D eigenvalue weighted by Crippen LogP contribution is 2.14. The van der Waals surface area contributed by atoms with Gasteiger partial charge in [0, 0.05) is 13.6 Å². The van der Waals surface area contributed by atoms with E-state index in [-0.39, 0.29) is 11.7 Å². The minimum absolute atomic E-state index is 0.181. The average Bonchev–Trinajstić information content (AvgIpc) is 2.92. The van der Waals surface area contributed by atoms with Crippen molar-refractivity contribution in [3.63, 3.8) is 0 Å². The fourth-order valence-electron chi connectivity index (χ4n) is 1.80. The van der Waals surface area contributed by atoms with Crippen molar-refractivity contribution in [2.45, 2.75) is 13.5 Å². The number of ether oxygens (including phenoxy) is 1. The quantitative estimate of drug-likeness (QED) is 0.824. The summed E-state index contributed by atoms with van der Waals surface area (Å²) in [6.07, 6.45) is 1.69. The normalized spacial score (nSPS) is 10.2. The monoisotopic (exact) mass is 286 g/mol. The minimum atomic E-state index is -0.216. The molecule has 1 heterocycles. The van der Waals surface area contributed by atoms with E-state index in [9.17, 15) is 4.79 Å². The van der Waals surface area contributed by atoms with Crippen molar-refractivity contribution in [2.75, 3.05) is 13.7 Å². The van der Waals surface area contributed by atoms with Crippen LogP contribution in [0.25, 0.3) is 0 Å². The molecule has 1 aromatic heterocycles. The SMILES string of the molecule is C=CCOc1ccc(CN(C)C(=O)c2n[nH]c(C)n2)cc1. The number of aromatic amines is 1. The number of nitrogens with zero attached hydrogens (tertiary/aromatic N) is 3. The van der Waals surface area contributed by atoms with E-state index >= 15 is 0 Å². The number of aromatic nitrogens is 3. The smallest absolute Gasteiger partial charge is 0.293 e. The molecule has 0 aliphatic carbocycles. The Morgan fingerprint density at radius 1 is 1.43 bits per heavy atom. The summed E-state index contributed by atoms with van der Waals surface area (Å²) in [5, 5.41) is 6.53. The highest BCUT2D eigenvalue weighted by Gasteiger charge is 2.16. The van der Waals surface area contributed by atoms with E-state index in [0.29, 0.717) is 19.0 Å². The van der Waals surface area contributed by atoms with Crippen LogP contribution in [-0.4, -0.2) is 39.6 Å². The highest BCUT2D eigenvalue weighted by atomic mass is 16.5. The van der Waals surface area contributed by atoms with E-state index in [1.54, 1.807) is 24.9 Å². The number of hydrogen-bond donors (Lipinski definition) is 1. The highest BCUT2D eigenvalue weighted by molar-refractivity contribution is 5.90. The number of nitrogens with one attached hydrogen (secondary N) is 1. The molecule has 6 nitrogen and oxygen atoms in total. The van der Waals surface area contributed by atoms with Crippen LogP contribution in [0.1, 0.15) is 22.0 Å². The number of aryl methyl sites for hydroxylation is 1. The van der Waals surface area contributed by atoms with Crippen molar-refractivity contribution in [3.05, 3.63) is 54.1 Å². The van der Waals surface area contributed by atoms with Crippen molar-refractivity contribution < 1.29 is 9.53 Å². The largest absolute Gasteiger partial charge is 0.490 e. The first-order valence-electron chi connectivity index (χ1n) is 6.57. The summed E-state index contributed by atoms with van der Waals surface area (Å²) in [5.41, 5.74) is 1.00. The molecule has 0 radical (unpaired) electrons. The molecule has 110 valence electrons. The maximum Gasteiger partial charge on any atom is 0.293 e. The van der Waals surface area contributed by atoms with E-state index in [2.05, 4.69) is 21.8 Å². The number of amides is 1. The molecule has 0 spiro atoms. The minimum Gasteiger partial charge on any atom is -0.490 e. The molecule has 0 bridgehead atoms. The van der Waals surface area contributed by atoms with E-state index in [1.165, 1.54) is 0 Å². The zero-order valence-electron chi connectivity index (χ0n) is 12.2. The Labute approximate surface area is 123 Å². The van der Waals surface area contributed by atoms with Crippen LogP contribution in [-0.2, 0) is 6.54 Å². The van der Waals surface area contributed by atoms with E-state index in [0.717, 1.165) is 11.3 Å². The first kappa shape index (κ1) is 14.8. The van der Waals surface area contributed by atoms with Gasteiger partial charge in [0.2, 0.25) is 5.82 Å². The third-order valence-corrected chi connectivity index (χ3v) is 2.85. The molecule has 0 saturated carbocycles. The van der Waals surface area contributed by atoms with Gasteiger partial charge >= 0.3 is 0 Å². The maximum atomic E-state index is 12.1. The molecule has 2 aromatic rings. The van der Waals surface area contributed by atoms with Gasteiger partial charge in [0.05, 0.1) is 0 Å². The first-order valence-corrected chi connectivity index (χ1v) is 6.57. The lowest BCUT2D eigenvalue weighted by atomic mass is 10.2. The van der Waals surface area contributed by atoms with Crippen molar-refractivity contribution in [1.29, 1.82) is 0 Å². The summed E-state index contributed by atoms with van der Waals surface area (Å²) >= 11 is 0. The van der Waals surface area contributed by atoms with Gasteiger partial charge in [-0.2, -0.15) is 0 Å². The summed E-state index contributed by atoms with van der Waals surface area (Å²) < 4.78 is 5.41. The number of carbonyl (C=O) groups is 1. The average molecular weight is 286 g/mol. The lowest BCUT2D eigenvalue weighted by Crippen LogP contribution is -2.27. The Morgan fingerprint density at radius 3 is 2.71 bits per heavy atom. The molecular weight excluding hydrogens is 268 g/mol. The van der Waals surface area contributed by atoms with Gasteiger partial charge in [0.25, 0.3) is 5.91 Å². The molecule has 1 aromatic carbocycles. The lowest BCUT2D eigenvalue weighted by Gasteiger charge is -2.15. The Kier molecular flexibility index (Phi) is 4.71. The molecule has 1 amide bonds. The standard InChI is InChI=1S/C15H18N4O2/c1-4-9-21-13-7-5-12(6-8-13)10-19(3)15(20)14-16-11(2)17-18-14/h4-8H,1,9-10H2,2-3H3,(H,16,17,18). The van der Waals surface area contributed by atoms with Gasteiger partial charge in [-0.15, -0.1) is 5.10 Å². The Bertz CT molecular complexity index is 619. The second-order valence-electron chi connectivity index (χ2n) is 4.65. The van der Waals surface area contributed by atoms with Crippen molar-refractivity contribution >= 4 is 5.91 Å². The maximum absolute atomic E-state index is 12.1. The van der Waals surface area contributed by atoms with Crippen LogP contribution in [0.4, 0.5) is 0 Å². The second kappa shape index (κ2) is 6.69. The van der Waals surface area contributed by atoms with Crippen LogP contribution in [0.5, 0.6) is 5.75 Å². The Balaban J connectivity index is 1.97. The van der Waals surface area contributed by atoms with Crippen LogP contribution < -0.4 is 4.74 Å². The molecule has 0 fully saturated rings. The van der Waals surface area contributed by atoms with Crippen molar-refractivity contribution in [2.24, 2.45) is 0 Å². The van der Waals surface area contributed by atoms with E-state index in [4.69, 9.17) is 4.74 Å². The first-order chi connectivity index (χ1) is 10.1. The second-order valence-corrected chi connectivity index (χ2v) is 4.65. The van der Waals surface area contributed by atoms with Gasteiger partial charge in [-0.1, -0.05) is 24.8 Å². The third-order valence-electron chi connectivity index (χ3n) is 2.85. The number of hydrogen-bond acceptors (Lipinski definition) is 4. The van der Waals surface area contributed by atoms with E-state index in [1.807, 2.05) is 24.3 Å². The number of rotatable bonds is 6. The summed E-state index contributed by atoms with van der Waals surface area (Å²) in [7, 11) is 1.72. The van der Waals surface area contributed by atoms with Gasteiger partial charge < -0.3 is 9.64 Å². The summed E-state index contributed by atoms with van der Waals surface area (Å²) in [6.45, 7) is 6.31. The van der Waals surface area contributed by atoms with Crippen LogP contribution >= 0.6 is 0 Å². The van der Waals surface area contributed by atoms with Gasteiger partial charge in [-0.05, 0) is 24.6 Å². The van der Waals surface area contributed by atoms with Gasteiger partial charge in [0.15, 0.2) is 0 Å². The Hall–Kier alpha value is -2.63. The summed E-state index contributed by atoms with van der Waals surface area (Å²) in [4.78, 5) is 17.7. The number of H-pyrrole nitrogens is 1. The van der Waals surface area contributed by atoms with Gasteiger partial charge in [-0.3, -0.25) is 9.89 Å². The molecule has 2 rings (SSSR count). The van der Waals surface area contributed by atoms with Crippen LogP contribution in [0, 0.1) is 6.92 Å². The summed E-state index contributed by atoms with van der Waals surface area (Å²) in [5.74, 6) is 1.36. The molecule has 21 heavy (non-hydrogen) atoms. The topological polar surface area (TPSA) is 71.1 Å². The Morgan fingerprint density at radius 2 is 2.14 bits per heavy atom. The van der Waals surface area contributed by atoms with Crippen LogP contribution in [0.15, 0.2) is 36.9 Å². The number of carbonyl (C=O) groups excluding carboxylic acids is 1. The van der Waals surface area contributed by atoms with Crippen LogP contribution in [0.3, 0.4) is 0 Å². The third kappa shape index (κ3) is 3.92. The van der Waals surface area contributed by atoms with Gasteiger partial charge in [-0.25, -0.2) is 4.98 Å². The molecule has 0 saturated heterocycles. The predicted octanol–water partition coefficient (Wildman–Crippen LogP) is 1.95.